The Morgan fingerprint density at radius 1 is 1.38 bits per heavy atom. The van der Waals surface area contributed by atoms with Crippen LogP contribution in [-0.2, 0) is 23.9 Å². The van der Waals surface area contributed by atoms with Crippen LogP contribution in [0.5, 0.6) is 0 Å². The maximum Gasteiger partial charge on any atom is 0.264 e. The smallest absolute Gasteiger partial charge is 0.264 e. The lowest BCUT2D eigenvalue weighted by atomic mass is 10.5. The number of hydrogen-bond donors (Lipinski definition) is 1. The van der Waals surface area contributed by atoms with Crippen molar-refractivity contribution in [2.45, 2.75) is 13.8 Å². The lowest BCUT2D eigenvalue weighted by Crippen LogP contribution is -2.30. The fraction of sp³-hybridized carbons (Fsp3) is 0.750. The third-order valence-electron chi connectivity index (χ3n) is 1.16. The van der Waals surface area contributed by atoms with E-state index in [2.05, 4.69) is 19.5 Å². The van der Waals surface area contributed by atoms with E-state index in [-0.39, 0.29) is 25.7 Å². The average Bonchev–Trinajstić information content (AvgIpc) is 2.10. The van der Waals surface area contributed by atoms with E-state index in [1.807, 2.05) is 0 Å². The van der Waals surface area contributed by atoms with E-state index < -0.39 is 10.1 Å². The molecule has 0 aromatic carbocycles. The summed E-state index contributed by atoms with van der Waals surface area (Å²) < 4.78 is 25.5. The fourth-order valence-electron chi connectivity index (χ4n) is 0.655. The van der Waals surface area contributed by atoms with Gasteiger partial charge in [-0.15, -0.1) is 0 Å². The van der Waals surface area contributed by atoms with E-state index in [0.29, 0.717) is 5.71 Å². The Hall–Kier alpha value is -1.15. The number of carbonyl (C=O) groups is 1. The molecule has 0 aromatic heterocycles. The highest BCUT2D eigenvalue weighted by Crippen LogP contribution is 1.84. The largest absolute Gasteiger partial charge is 0.386 e. The summed E-state index contributed by atoms with van der Waals surface area (Å²) >= 11 is 0. The van der Waals surface area contributed by atoms with Gasteiger partial charge in [-0.3, -0.25) is 8.98 Å². The molecule has 0 unspecified atom stereocenters. The molecule has 0 fully saturated rings. The second-order valence-corrected chi connectivity index (χ2v) is 4.83. The fourth-order valence-corrected chi connectivity index (χ4v) is 1.04. The summed E-state index contributed by atoms with van der Waals surface area (Å²) in [5.74, 6) is -0.387. The molecule has 0 saturated heterocycles. The average molecular weight is 252 g/mol. The summed E-state index contributed by atoms with van der Waals surface area (Å²) in [4.78, 5) is 15.7. The molecule has 1 N–H and O–H groups in total. The number of rotatable bonds is 7. The van der Waals surface area contributed by atoms with Gasteiger partial charge in [0.05, 0.1) is 18.6 Å². The number of nitrogens with zero attached hydrogens (tertiary/aromatic N) is 1. The summed E-state index contributed by atoms with van der Waals surface area (Å²) in [5, 5.41) is 5.97. The third-order valence-corrected chi connectivity index (χ3v) is 1.76. The van der Waals surface area contributed by atoms with Crippen molar-refractivity contribution in [3.63, 3.8) is 0 Å². The van der Waals surface area contributed by atoms with Crippen LogP contribution in [0.25, 0.3) is 0 Å². The van der Waals surface area contributed by atoms with Crippen LogP contribution in [0, 0.1) is 0 Å². The molecule has 8 heteroatoms. The molecule has 0 bridgehead atoms. The molecule has 0 aliphatic carbocycles. The van der Waals surface area contributed by atoms with Crippen LogP contribution < -0.4 is 5.32 Å². The summed E-state index contributed by atoms with van der Waals surface area (Å²) in [7, 11) is -3.45. The zero-order valence-corrected chi connectivity index (χ0v) is 10.3. The quantitative estimate of drug-likeness (QED) is 0.285. The number of oxime groups is 1. The van der Waals surface area contributed by atoms with Crippen LogP contribution in [0.4, 0.5) is 0 Å². The van der Waals surface area contributed by atoms with Crippen LogP contribution in [0.2, 0.25) is 0 Å². The van der Waals surface area contributed by atoms with Gasteiger partial charge in [-0.05, 0) is 13.8 Å². The van der Waals surface area contributed by atoms with Crippen LogP contribution in [0.15, 0.2) is 5.16 Å². The van der Waals surface area contributed by atoms with Crippen molar-refractivity contribution < 1.29 is 22.2 Å². The predicted molar refractivity (Wildman–Crippen MR) is 58.5 cm³/mol. The van der Waals surface area contributed by atoms with Gasteiger partial charge in [0.1, 0.15) is 0 Å². The van der Waals surface area contributed by atoms with Crippen LogP contribution in [-0.4, -0.2) is 46.1 Å². The molecular weight excluding hydrogens is 236 g/mol. The van der Waals surface area contributed by atoms with Crippen LogP contribution in [0.1, 0.15) is 13.8 Å². The topological polar surface area (TPSA) is 94.1 Å². The summed E-state index contributed by atoms with van der Waals surface area (Å²) in [6.45, 7) is 3.27. The van der Waals surface area contributed by atoms with Crippen molar-refractivity contribution in [3.8, 4) is 0 Å². The van der Waals surface area contributed by atoms with Crippen molar-refractivity contribution in [3.05, 3.63) is 0 Å². The molecule has 0 heterocycles. The van der Waals surface area contributed by atoms with Gasteiger partial charge in [-0.2, -0.15) is 8.42 Å². The molecule has 0 rings (SSSR count). The molecular formula is C8H16N2O5S. The minimum absolute atomic E-state index is 0.0966. The predicted octanol–water partition coefficient (Wildman–Crippen LogP) is -0.509. The summed E-state index contributed by atoms with van der Waals surface area (Å²) in [6.07, 6.45) is 0.941. The minimum Gasteiger partial charge on any atom is -0.386 e. The molecule has 0 aliphatic heterocycles. The highest BCUT2D eigenvalue weighted by Gasteiger charge is 2.03. The Morgan fingerprint density at radius 2 is 2.00 bits per heavy atom. The molecule has 0 saturated carbocycles. The summed E-state index contributed by atoms with van der Waals surface area (Å²) in [5.41, 5.74) is 0.702. The highest BCUT2D eigenvalue weighted by atomic mass is 32.2. The van der Waals surface area contributed by atoms with Crippen LogP contribution >= 0.6 is 0 Å². The Balaban J connectivity index is 3.56. The second-order valence-electron chi connectivity index (χ2n) is 3.19. The number of carbonyl (C=O) groups excluding carboxylic acids is 1. The van der Waals surface area contributed by atoms with Gasteiger partial charge in [0.15, 0.2) is 6.61 Å². The summed E-state index contributed by atoms with van der Waals surface area (Å²) in [6, 6.07) is 0. The van der Waals surface area contributed by atoms with Crippen molar-refractivity contribution >= 4 is 21.7 Å². The Morgan fingerprint density at radius 3 is 2.50 bits per heavy atom. The molecule has 0 spiro atoms. The standard InChI is InChI=1S/C8H16N2O5S/c1-7(2)10-14-6-8(11)9-4-5-15-16(3,12)13/h4-6H2,1-3H3,(H,9,11). The third kappa shape index (κ3) is 10.9. The Kier molecular flexibility index (Phi) is 6.66. The van der Waals surface area contributed by atoms with Gasteiger partial charge in [-0.1, -0.05) is 5.16 Å². The first-order valence-corrected chi connectivity index (χ1v) is 6.37. The number of nitrogens with one attached hydrogen (secondary N) is 1. The molecule has 0 radical (unpaired) electrons. The van der Waals surface area contributed by atoms with Gasteiger partial charge in [0.25, 0.3) is 16.0 Å². The van der Waals surface area contributed by atoms with E-state index in [9.17, 15) is 13.2 Å². The number of hydrogen-bond acceptors (Lipinski definition) is 6. The molecule has 0 atom stereocenters. The minimum atomic E-state index is -3.45. The first-order chi connectivity index (χ1) is 7.31. The zero-order valence-electron chi connectivity index (χ0n) is 9.52. The molecule has 7 nitrogen and oxygen atoms in total. The SMILES string of the molecule is CC(C)=NOCC(=O)NCCOS(C)(=O)=O. The van der Waals surface area contributed by atoms with Gasteiger partial charge >= 0.3 is 0 Å². The molecule has 94 valence electrons. The molecule has 0 aliphatic rings. The van der Waals surface area contributed by atoms with Crippen molar-refractivity contribution in [1.29, 1.82) is 0 Å². The van der Waals surface area contributed by atoms with Gasteiger partial charge < -0.3 is 10.2 Å². The molecule has 16 heavy (non-hydrogen) atoms. The monoisotopic (exact) mass is 252 g/mol. The molecule has 0 aromatic rings. The normalized spacial score (nSPS) is 10.7. The van der Waals surface area contributed by atoms with Crippen LogP contribution in [0.3, 0.4) is 0 Å². The van der Waals surface area contributed by atoms with E-state index in [4.69, 9.17) is 0 Å². The first kappa shape index (κ1) is 14.8. The Bertz CT molecular complexity index is 345. The van der Waals surface area contributed by atoms with Crippen molar-refractivity contribution in [2.75, 3.05) is 26.0 Å². The molecule has 1 amide bonds. The first-order valence-electron chi connectivity index (χ1n) is 4.55. The van der Waals surface area contributed by atoms with E-state index in [0.717, 1.165) is 6.26 Å². The van der Waals surface area contributed by atoms with Gasteiger partial charge in [0.2, 0.25) is 0 Å². The van der Waals surface area contributed by atoms with Gasteiger partial charge in [0, 0.05) is 6.54 Å². The second kappa shape index (κ2) is 7.18. The van der Waals surface area contributed by atoms with E-state index in [1.54, 1.807) is 13.8 Å². The maximum atomic E-state index is 11.0. The van der Waals surface area contributed by atoms with Crippen molar-refractivity contribution in [2.24, 2.45) is 5.16 Å². The van der Waals surface area contributed by atoms with Crippen molar-refractivity contribution in [1.82, 2.24) is 5.32 Å². The number of amides is 1. The van der Waals surface area contributed by atoms with E-state index >= 15 is 0 Å². The van der Waals surface area contributed by atoms with Gasteiger partial charge in [-0.25, -0.2) is 0 Å². The Labute approximate surface area is 94.9 Å². The maximum absolute atomic E-state index is 11.0. The zero-order chi connectivity index (χ0) is 12.6. The lowest BCUT2D eigenvalue weighted by Gasteiger charge is -2.04. The lowest BCUT2D eigenvalue weighted by molar-refractivity contribution is -0.125. The van der Waals surface area contributed by atoms with E-state index in [1.165, 1.54) is 0 Å². The highest BCUT2D eigenvalue weighted by molar-refractivity contribution is 7.85.